The average molecular weight is 302 g/mol. The number of amides is 2. The summed E-state index contributed by atoms with van der Waals surface area (Å²) in [6.45, 7) is 7.56. The van der Waals surface area contributed by atoms with Crippen LogP contribution in [0.1, 0.15) is 61.0 Å². The van der Waals surface area contributed by atoms with Gasteiger partial charge in [-0.05, 0) is 30.1 Å². The molecule has 0 unspecified atom stereocenters. The molecule has 0 spiro atoms. The Balaban J connectivity index is 1.83. The van der Waals surface area contributed by atoms with Gasteiger partial charge in [-0.15, -0.1) is 0 Å². The lowest BCUT2D eigenvalue weighted by Crippen LogP contribution is -2.38. The monoisotopic (exact) mass is 302 g/mol. The van der Waals surface area contributed by atoms with Crippen molar-refractivity contribution < 1.29 is 9.59 Å². The predicted octanol–water partition coefficient (Wildman–Crippen LogP) is 1.62. The van der Waals surface area contributed by atoms with Gasteiger partial charge < -0.3 is 10.6 Å². The van der Waals surface area contributed by atoms with E-state index >= 15 is 0 Å². The molecule has 0 radical (unpaired) electrons. The third kappa shape index (κ3) is 2.58. The molecule has 1 saturated heterocycles. The molecule has 2 atom stereocenters. The summed E-state index contributed by atoms with van der Waals surface area (Å²) >= 11 is 0. The second kappa shape index (κ2) is 4.76. The summed E-state index contributed by atoms with van der Waals surface area (Å²) in [5.74, 6) is -0.743. The van der Waals surface area contributed by atoms with Crippen LogP contribution in [0.15, 0.2) is 12.4 Å². The van der Waals surface area contributed by atoms with Crippen LogP contribution >= 0.6 is 0 Å². The Morgan fingerprint density at radius 2 is 1.82 bits per heavy atom. The van der Waals surface area contributed by atoms with Crippen molar-refractivity contribution in [1.82, 2.24) is 14.9 Å². The van der Waals surface area contributed by atoms with Crippen molar-refractivity contribution in [2.24, 2.45) is 16.6 Å². The number of primary amides is 1. The molecule has 22 heavy (non-hydrogen) atoms. The number of likely N-dealkylation sites (tertiary alicyclic amines) is 1. The first-order valence-corrected chi connectivity index (χ1v) is 7.62. The second-order valence-electron chi connectivity index (χ2n) is 7.80. The van der Waals surface area contributed by atoms with Gasteiger partial charge in [0.2, 0.25) is 0 Å². The zero-order valence-electron chi connectivity index (χ0n) is 13.3. The van der Waals surface area contributed by atoms with Crippen molar-refractivity contribution >= 4 is 11.8 Å². The molecule has 1 aliphatic heterocycles. The van der Waals surface area contributed by atoms with Gasteiger partial charge >= 0.3 is 0 Å². The highest BCUT2D eigenvalue weighted by Gasteiger charge is 2.51. The molecule has 2 N–H and O–H groups in total. The van der Waals surface area contributed by atoms with Crippen LogP contribution in [0.3, 0.4) is 0 Å². The second-order valence-corrected chi connectivity index (χ2v) is 7.80. The molecule has 2 aliphatic rings. The highest BCUT2D eigenvalue weighted by Crippen LogP contribution is 2.52. The lowest BCUT2D eigenvalue weighted by atomic mass is 9.65. The molecule has 6 heteroatoms. The smallest absolute Gasteiger partial charge is 0.274 e. The van der Waals surface area contributed by atoms with Gasteiger partial charge in [0.25, 0.3) is 11.8 Å². The third-order valence-corrected chi connectivity index (χ3v) is 4.80. The van der Waals surface area contributed by atoms with Gasteiger partial charge in [0.15, 0.2) is 0 Å². The van der Waals surface area contributed by atoms with E-state index in [1.165, 1.54) is 12.4 Å². The normalized spacial score (nSPS) is 29.4. The average Bonchev–Trinajstić information content (AvgIpc) is 2.67. The van der Waals surface area contributed by atoms with Crippen LogP contribution in [0.25, 0.3) is 0 Å². The van der Waals surface area contributed by atoms with E-state index < -0.39 is 5.91 Å². The van der Waals surface area contributed by atoms with Gasteiger partial charge in [0.1, 0.15) is 11.4 Å². The summed E-state index contributed by atoms with van der Waals surface area (Å²) in [6, 6.07) is 0.263. The van der Waals surface area contributed by atoms with Gasteiger partial charge in [-0.2, -0.15) is 0 Å². The summed E-state index contributed by atoms with van der Waals surface area (Å²) in [6.07, 6.45) is 5.81. The quantitative estimate of drug-likeness (QED) is 0.899. The van der Waals surface area contributed by atoms with Gasteiger partial charge in [-0.1, -0.05) is 20.8 Å². The SMILES string of the molecule is CC1(C)C[C@@H]2C[C@@](C)(CN2C(=O)c2cnc(C(N)=O)cn2)C1. The Hall–Kier alpha value is -1.98. The van der Waals surface area contributed by atoms with Gasteiger partial charge in [-0.3, -0.25) is 9.59 Å². The number of hydrogen-bond donors (Lipinski definition) is 1. The Kier molecular flexibility index (Phi) is 3.23. The van der Waals surface area contributed by atoms with Crippen molar-refractivity contribution in [3.8, 4) is 0 Å². The Bertz CT molecular complexity index is 626. The number of rotatable bonds is 2. The molecule has 1 aromatic heterocycles. The fourth-order valence-electron chi connectivity index (χ4n) is 4.41. The molecule has 2 fully saturated rings. The van der Waals surface area contributed by atoms with Gasteiger partial charge in [-0.25, -0.2) is 9.97 Å². The van der Waals surface area contributed by atoms with E-state index in [0.29, 0.717) is 0 Å². The van der Waals surface area contributed by atoms with Crippen molar-refractivity contribution in [2.45, 2.75) is 46.1 Å². The minimum atomic E-state index is -0.641. The fraction of sp³-hybridized carbons (Fsp3) is 0.625. The molecular weight excluding hydrogens is 280 g/mol. The molecular formula is C16H22N4O2. The molecule has 6 nitrogen and oxygen atoms in total. The molecule has 2 bridgehead atoms. The van der Waals surface area contributed by atoms with Crippen LogP contribution in [-0.4, -0.2) is 39.3 Å². The van der Waals surface area contributed by atoms with E-state index in [1.54, 1.807) is 0 Å². The van der Waals surface area contributed by atoms with E-state index in [9.17, 15) is 9.59 Å². The first-order valence-electron chi connectivity index (χ1n) is 7.62. The number of nitrogens with zero attached hydrogens (tertiary/aromatic N) is 3. The summed E-state index contributed by atoms with van der Waals surface area (Å²) in [7, 11) is 0. The van der Waals surface area contributed by atoms with Crippen molar-refractivity contribution in [1.29, 1.82) is 0 Å². The van der Waals surface area contributed by atoms with E-state index in [1.807, 2.05) is 4.90 Å². The largest absolute Gasteiger partial charge is 0.364 e. The van der Waals surface area contributed by atoms with Crippen LogP contribution in [0.2, 0.25) is 0 Å². The van der Waals surface area contributed by atoms with Crippen LogP contribution in [0, 0.1) is 10.8 Å². The molecule has 1 saturated carbocycles. The maximum Gasteiger partial charge on any atom is 0.274 e. The molecule has 0 aromatic carbocycles. The number of carbonyl (C=O) groups excluding carboxylic acids is 2. The van der Waals surface area contributed by atoms with Gasteiger partial charge in [0.05, 0.1) is 12.4 Å². The van der Waals surface area contributed by atoms with Crippen molar-refractivity contribution in [2.75, 3.05) is 6.54 Å². The third-order valence-electron chi connectivity index (χ3n) is 4.80. The lowest BCUT2D eigenvalue weighted by molar-refractivity contribution is 0.0701. The summed E-state index contributed by atoms with van der Waals surface area (Å²) in [5.41, 5.74) is 5.93. The summed E-state index contributed by atoms with van der Waals surface area (Å²) < 4.78 is 0. The van der Waals surface area contributed by atoms with E-state index in [-0.39, 0.29) is 34.2 Å². The van der Waals surface area contributed by atoms with E-state index in [2.05, 4.69) is 30.7 Å². The molecule has 2 heterocycles. The predicted molar refractivity (Wildman–Crippen MR) is 81.1 cm³/mol. The zero-order chi connectivity index (χ0) is 16.1. The summed E-state index contributed by atoms with van der Waals surface area (Å²) in [5, 5.41) is 0. The van der Waals surface area contributed by atoms with E-state index in [4.69, 9.17) is 5.73 Å². The number of nitrogens with two attached hydrogens (primary N) is 1. The Labute approximate surface area is 130 Å². The van der Waals surface area contributed by atoms with Crippen LogP contribution < -0.4 is 5.73 Å². The molecule has 1 aromatic rings. The Morgan fingerprint density at radius 1 is 1.18 bits per heavy atom. The number of aromatic nitrogens is 2. The van der Waals surface area contributed by atoms with E-state index in [0.717, 1.165) is 25.8 Å². The Morgan fingerprint density at radius 3 is 2.41 bits per heavy atom. The maximum atomic E-state index is 12.7. The summed E-state index contributed by atoms with van der Waals surface area (Å²) in [4.78, 5) is 33.7. The molecule has 3 rings (SSSR count). The number of hydrogen-bond acceptors (Lipinski definition) is 4. The minimum Gasteiger partial charge on any atom is -0.364 e. The molecule has 118 valence electrons. The van der Waals surface area contributed by atoms with Crippen molar-refractivity contribution in [3.05, 3.63) is 23.8 Å². The lowest BCUT2D eigenvalue weighted by Gasteiger charge is -2.39. The first kappa shape index (κ1) is 14.9. The first-order chi connectivity index (χ1) is 10.2. The minimum absolute atomic E-state index is 0.0739. The number of fused-ring (bicyclic) bond motifs is 2. The van der Waals surface area contributed by atoms with Crippen molar-refractivity contribution in [3.63, 3.8) is 0 Å². The maximum absolute atomic E-state index is 12.7. The highest BCUT2D eigenvalue weighted by atomic mass is 16.2. The zero-order valence-corrected chi connectivity index (χ0v) is 13.3. The number of carbonyl (C=O) groups is 2. The topological polar surface area (TPSA) is 89.2 Å². The van der Waals surface area contributed by atoms with Gasteiger partial charge in [0, 0.05) is 12.6 Å². The fourth-order valence-corrected chi connectivity index (χ4v) is 4.41. The van der Waals surface area contributed by atoms with Crippen LogP contribution in [0.4, 0.5) is 0 Å². The molecule has 1 aliphatic carbocycles. The van der Waals surface area contributed by atoms with Crippen LogP contribution in [-0.2, 0) is 0 Å². The standard InChI is InChI=1S/C16H22N4O2/c1-15(2)4-10-5-16(3,8-15)9-20(10)14(22)12-7-18-11(6-19-12)13(17)21/h6-7,10H,4-5,8-9H2,1-3H3,(H2,17,21)/t10-,16-/m1/s1. The molecule has 2 amide bonds. The highest BCUT2D eigenvalue weighted by molar-refractivity contribution is 5.94. The van der Waals surface area contributed by atoms with Crippen LogP contribution in [0.5, 0.6) is 0 Å².